The largest absolute Gasteiger partial charge is 0.310 e. The molecule has 0 aliphatic rings. The van der Waals surface area contributed by atoms with Gasteiger partial charge in [0, 0.05) is 18.2 Å². The number of fused-ring (bicyclic) bond motifs is 2. The molecule has 6 heteroatoms. The van der Waals surface area contributed by atoms with E-state index < -0.39 is 17.5 Å². The average Bonchev–Trinajstić information content (AvgIpc) is 2.98. The van der Waals surface area contributed by atoms with Gasteiger partial charge >= 0.3 is 0 Å². The number of allylic oxidation sites excluding steroid dienone is 1. The molecule has 134 valence electrons. The van der Waals surface area contributed by atoms with Gasteiger partial charge in [-0.15, -0.1) is 6.58 Å². The highest BCUT2D eigenvalue weighted by Gasteiger charge is 2.14. The highest BCUT2D eigenvalue weighted by molar-refractivity contribution is 7.16. The smallest absolute Gasteiger partial charge is 0.279 e. The summed E-state index contributed by atoms with van der Waals surface area (Å²) >= 11 is 1.07. The van der Waals surface area contributed by atoms with Crippen molar-refractivity contribution < 1.29 is 13.6 Å². The van der Waals surface area contributed by atoms with Crippen LogP contribution < -0.4 is 4.80 Å². The summed E-state index contributed by atoms with van der Waals surface area (Å²) in [7, 11) is 0. The summed E-state index contributed by atoms with van der Waals surface area (Å²) < 4.78 is 29.7. The molecular weight excluding hydrogens is 366 g/mol. The first-order valence-corrected chi connectivity index (χ1v) is 9.05. The average molecular weight is 380 g/mol. The predicted molar refractivity (Wildman–Crippen MR) is 104 cm³/mol. The number of carbonyl (C=O) groups excluding carboxylic acids is 1. The third kappa shape index (κ3) is 3.19. The van der Waals surface area contributed by atoms with Crippen LogP contribution in [0.3, 0.4) is 0 Å². The van der Waals surface area contributed by atoms with Crippen LogP contribution in [-0.4, -0.2) is 10.5 Å². The first-order chi connectivity index (χ1) is 13.1. The van der Waals surface area contributed by atoms with E-state index >= 15 is 0 Å². The van der Waals surface area contributed by atoms with Crippen molar-refractivity contribution in [2.24, 2.45) is 4.99 Å². The van der Waals surface area contributed by atoms with Gasteiger partial charge in [-0.05, 0) is 29.0 Å². The number of benzene rings is 3. The predicted octanol–water partition coefficient (Wildman–Crippen LogP) is 5.06. The monoisotopic (exact) mass is 380 g/mol. The summed E-state index contributed by atoms with van der Waals surface area (Å²) in [4.78, 5) is 17.1. The molecule has 3 aromatic carbocycles. The van der Waals surface area contributed by atoms with Crippen molar-refractivity contribution in [1.82, 2.24) is 4.57 Å². The Hall–Kier alpha value is -3.12. The van der Waals surface area contributed by atoms with Crippen LogP contribution in [0.1, 0.15) is 10.4 Å². The molecule has 0 aliphatic carbocycles. The van der Waals surface area contributed by atoms with E-state index in [0.717, 1.165) is 28.2 Å². The number of rotatable bonds is 3. The molecule has 27 heavy (non-hydrogen) atoms. The molecule has 0 fully saturated rings. The van der Waals surface area contributed by atoms with E-state index in [1.807, 2.05) is 30.3 Å². The Kier molecular flexibility index (Phi) is 4.41. The number of aromatic nitrogens is 1. The zero-order valence-electron chi connectivity index (χ0n) is 14.2. The fourth-order valence-corrected chi connectivity index (χ4v) is 4.06. The zero-order valence-corrected chi connectivity index (χ0v) is 15.0. The first-order valence-electron chi connectivity index (χ1n) is 8.24. The van der Waals surface area contributed by atoms with Gasteiger partial charge in [0.1, 0.15) is 5.82 Å². The van der Waals surface area contributed by atoms with Gasteiger partial charge in [0.15, 0.2) is 10.6 Å². The molecule has 0 bridgehead atoms. The summed E-state index contributed by atoms with van der Waals surface area (Å²) in [5.41, 5.74) is 0.648. The maximum Gasteiger partial charge on any atom is 0.279 e. The minimum atomic E-state index is -0.692. The quantitative estimate of drug-likeness (QED) is 0.458. The second-order valence-electron chi connectivity index (χ2n) is 6.00. The highest BCUT2D eigenvalue weighted by Crippen LogP contribution is 2.23. The molecule has 0 spiro atoms. The van der Waals surface area contributed by atoms with Gasteiger partial charge < -0.3 is 4.57 Å². The lowest BCUT2D eigenvalue weighted by molar-refractivity contribution is 0.0998. The van der Waals surface area contributed by atoms with Crippen molar-refractivity contribution in [3.05, 3.63) is 89.3 Å². The molecule has 1 aromatic heterocycles. The van der Waals surface area contributed by atoms with Gasteiger partial charge in [0.05, 0.1) is 10.2 Å². The van der Waals surface area contributed by atoms with Crippen LogP contribution >= 0.6 is 11.3 Å². The van der Waals surface area contributed by atoms with Gasteiger partial charge in [0.2, 0.25) is 0 Å². The van der Waals surface area contributed by atoms with Crippen molar-refractivity contribution in [2.75, 3.05) is 0 Å². The molecule has 0 saturated heterocycles. The normalized spacial score (nSPS) is 12.0. The topological polar surface area (TPSA) is 34.4 Å². The van der Waals surface area contributed by atoms with E-state index in [2.05, 4.69) is 11.6 Å². The number of amides is 1. The van der Waals surface area contributed by atoms with Crippen molar-refractivity contribution >= 4 is 38.2 Å². The van der Waals surface area contributed by atoms with Crippen LogP contribution in [0.2, 0.25) is 0 Å². The molecule has 3 nitrogen and oxygen atoms in total. The fourth-order valence-electron chi connectivity index (χ4n) is 2.99. The van der Waals surface area contributed by atoms with E-state index in [0.29, 0.717) is 15.1 Å². The Balaban J connectivity index is 1.87. The van der Waals surface area contributed by atoms with Gasteiger partial charge in [-0.25, -0.2) is 8.78 Å². The maximum absolute atomic E-state index is 14.3. The van der Waals surface area contributed by atoms with Crippen molar-refractivity contribution in [3.63, 3.8) is 0 Å². The minimum Gasteiger partial charge on any atom is -0.310 e. The lowest BCUT2D eigenvalue weighted by Gasteiger charge is -2.03. The van der Waals surface area contributed by atoms with E-state index in [9.17, 15) is 13.6 Å². The number of thiazole rings is 1. The number of hydrogen-bond acceptors (Lipinski definition) is 2. The Morgan fingerprint density at radius 1 is 1.11 bits per heavy atom. The van der Waals surface area contributed by atoms with Gasteiger partial charge in [-0.3, -0.25) is 4.79 Å². The number of carbonyl (C=O) groups is 1. The fraction of sp³-hybridized carbons (Fsp3) is 0.0476. The summed E-state index contributed by atoms with van der Waals surface area (Å²) in [5.74, 6) is -1.80. The van der Waals surface area contributed by atoms with E-state index in [4.69, 9.17) is 0 Å². The summed E-state index contributed by atoms with van der Waals surface area (Å²) in [5, 5.41) is 1.96. The van der Waals surface area contributed by atoms with Gasteiger partial charge in [-0.1, -0.05) is 47.7 Å². The Labute approximate surface area is 157 Å². The van der Waals surface area contributed by atoms with E-state index in [1.54, 1.807) is 18.2 Å². The summed E-state index contributed by atoms with van der Waals surface area (Å²) in [6.45, 7) is 3.92. The van der Waals surface area contributed by atoms with Gasteiger partial charge in [-0.2, -0.15) is 4.99 Å². The maximum atomic E-state index is 14.3. The third-order valence-corrected chi connectivity index (χ3v) is 5.23. The Bertz CT molecular complexity index is 1270. The molecule has 1 heterocycles. The number of halogens is 2. The number of nitrogens with zero attached hydrogens (tertiary/aromatic N) is 2. The van der Waals surface area contributed by atoms with Crippen LogP contribution in [0.15, 0.2) is 72.2 Å². The lowest BCUT2D eigenvalue weighted by Crippen LogP contribution is -2.16. The molecule has 1 amide bonds. The second kappa shape index (κ2) is 6.89. The van der Waals surface area contributed by atoms with E-state index in [1.165, 1.54) is 10.6 Å². The summed E-state index contributed by atoms with van der Waals surface area (Å²) in [6, 6.07) is 15.1. The summed E-state index contributed by atoms with van der Waals surface area (Å²) in [6.07, 6.45) is 1.58. The molecule has 0 aliphatic heterocycles. The molecule has 4 aromatic rings. The zero-order chi connectivity index (χ0) is 19.0. The molecule has 0 atom stereocenters. The van der Waals surface area contributed by atoms with Gasteiger partial charge in [0.25, 0.3) is 5.91 Å². The molecule has 0 N–H and O–H groups in total. The molecular formula is C21H14F2N2OS. The van der Waals surface area contributed by atoms with E-state index in [-0.39, 0.29) is 12.1 Å². The van der Waals surface area contributed by atoms with Crippen LogP contribution in [0, 0.1) is 11.6 Å². The van der Waals surface area contributed by atoms with Crippen LogP contribution in [-0.2, 0) is 6.54 Å². The van der Waals surface area contributed by atoms with Crippen molar-refractivity contribution in [2.45, 2.75) is 6.54 Å². The lowest BCUT2D eigenvalue weighted by atomic mass is 10.1. The second-order valence-corrected chi connectivity index (χ2v) is 7.01. The third-order valence-electron chi connectivity index (χ3n) is 4.20. The van der Waals surface area contributed by atoms with Crippen LogP contribution in [0.5, 0.6) is 0 Å². The Morgan fingerprint density at radius 2 is 1.89 bits per heavy atom. The van der Waals surface area contributed by atoms with Crippen LogP contribution in [0.4, 0.5) is 8.78 Å². The standard InChI is InChI=1S/C21H14F2N2OS/c1-2-9-25-19-17(23)11-16(22)12-18(19)27-21(25)24-20(26)15-8-7-13-5-3-4-6-14(13)10-15/h2-8,10-12H,1,9H2. The highest BCUT2D eigenvalue weighted by atomic mass is 32.1. The first kappa shape index (κ1) is 17.3. The molecule has 4 rings (SSSR count). The SMILES string of the molecule is C=CCn1c(=NC(=O)c2ccc3ccccc3c2)sc2cc(F)cc(F)c21. The minimum absolute atomic E-state index is 0.214. The van der Waals surface area contributed by atoms with Crippen molar-refractivity contribution in [3.8, 4) is 0 Å². The Morgan fingerprint density at radius 3 is 2.67 bits per heavy atom. The number of hydrogen-bond donors (Lipinski definition) is 0. The molecule has 0 saturated carbocycles. The molecule has 0 unspecified atom stereocenters. The van der Waals surface area contributed by atoms with Crippen LogP contribution in [0.25, 0.3) is 21.0 Å². The molecule has 0 radical (unpaired) electrons. The van der Waals surface area contributed by atoms with Crippen molar-refractivity contribution in [1.29, 1.82) is 0 Å².